The Morgan fingerprint density at radius 2 is 1.57 bits per heavy atom. The molecule has 2 aromatic rings. The smallest absolute Gasteiger partial charge is 0.231 e. The molecule has 1 amide bonds. The number of carbonyl (C=O) groups excluding carboxylic acids is 1. The molecule has 0 atom stereocenters. The maximum Gasteiger partial charge on any atom is 0.231 e. The average Bonchev–Trinajstić information content (AvgIpc) is 2.88. The van der Waals surface area contributed by atoms with E-state index >= 15 is 0 Å². The zero-order valence-electron chi connectivity index (χ0n) is 13.1. The van der Waals surface area contributed by atoms with Crippen LogP contribution in [0.1, 0.15) is 16.7 Å². The molecule has 0 aromatic heterocycles. The van der Waals surface area contributed by atoms with Gasteiger partial charge in [0, 0.05) is 31.9 Å². The quantitative estimate of drug-likeness (QED) is 0.864. The Morgan fingerprint density at radius 3 is 2.39 bits per heavy atom. The number of para-hydroxylation sites is 1. The van der Waals surface area contributed by atoms with E-state index in [1.54, 1.807) is 0 Å². The fraction of sp³-hybridized carbons (Fsp3) is 0.316. The first-order valence-corrected chi connectivity index (χ1v) is 7.99. The number of fused-ring (bicyclic) bond motifs is 2. The molecule has 2 heterocycles. The summed E-state index contributed by atoms with van der Waals surface area (Å²) in [6, 6.07) is 16.8. The molecule has 0 N–H and O–H groups in total. The van der Waals surface area contributed by atoms with Gasteiger partial charge in [-0.15, -0.1) is 12.4 Å². The molecule has 0 radical (unpaired) electrons. The maximum atomic E-state index is 12.2. The number of hydrogen-bond acceptors (Lipinski definition) is 2. The summed E-state index contributed by atoms with van der Waals surface area (Å²) >= 11 is 0. The second kappa shape index (κ2) is 6.73. The fourth-order valence-electron chi connectivity index (χ4n) is 3.55. The monoisotopic (exact) mass is 328 g/mol. The molecular formula is C19H21ClN2O. The van der Waals surface area contributed by atoms with Crippen molar-refractivity contribution in [3.8, 4) is 0 Å². The maximum absolute atomic E-state index is 12.2. The van der Waals surface area contributed by atoms with Crippen LogP contribution in [-0.4, -0.2) is 30.4 Å². The number of rotatable bonds is 3. The van der Waals surface area contributed by atoms with E-state index in [-0.39, 0.29) is 18.3 Å². The zero-order chi connectivity index (χ0) is 14.9. The molecule has 4 heteroatoms. The lowest BCUT2D eigenvalue weighted by atomic mass is 10.00. The van der Waals surface area contributed by atoms with Crippen LogP contribution in [0.3, 0.4) is 0 Å². The fourth-order valence-corrected chi connectivity index (χ4v) is 3.55. The molecule has 0 bridgehead atoms. The minimum Gasteiger partial charge on any atom is -0.311 e. The van der Waals surface area contributed by atoms with Crippen molar-refractivity contribution in [2.75, 3.05) is 24.5 Å². The topological polar surface area (TPSA) is 23.6 Å². The van der Waals surface area contributed by atoms with E-state index in [1.807, 2.05) is 17.0 Å². The lowest BCUT2D eigenvalue weighted by Crippen LogP contribution is -2.39. The van der Waals surface area contributed by atoms with Gasteiger partial charge in [0.15, 0.2) is 0 Å². The van der Waals surface area contributed by atoms with Crippen LogP contribution in [0.2, 0.25) is 0 Å². The summed E-state index contributed by atoms with van der Waals surface area (Å²) < 4.78 is 0. The van der Waals surface area contributed by atoms with Crippen LogP contribution in [0, 0.1) is 0 Å². The third-order valence-electron chi connectivity index (χ3n) is 4.77. The van der Waals surface area contributed by atoms with Gasteiger partial charge in [-0.2, -0.15) is 0 Å². The molecule has 120 valence electrons. The molecule has 0 spiro atoms. The van der Waals surface area contributed by atoms with Crippen LogP contribution in [-0.2, 0) is 24.2 Å². The van der Waals surface area contributed by atoms with E-state index in [2.05, 4.69) is 41.3 Å². The van der Waals surface area contributed by atoms with Gasteiger partial charge < -0.3 is 4.90 Å². The summed E-state index contributed by atoms with van der Waals surface area (Å²) in [6.45, 7) is 3.81. The SMILES string of the molecule is Cl.O=C1Cc2ccccc2N1CCN1CCc2ccccc2C1. The van der Waals surface area contributed by atoms with E-state index in [0.717, 1.165) is 43.9 Å². The predicted molar refractivity (Wildman–Crippen MR) is 95.2 cm³/mol. The summed E-state index contributed by atoms with van der Waals surface area (Å²) in [4.78, 5) is 16.6. The van der Waals surface area contributed by atoms with Crippen molar-refractivity contribution in [3.63, 3.8) is 0 Å². The normalized spacial score (nSPS) is 16.7. The number of anilines is 1. The highest BCUT2D eigenvalue weighted by molar-refractivity contribution is 6.01. The molecule has 23 heavy (non-hydrogen) atoms. The van der Waals surface area contributed by atoms with E-state index < -0.39 is 0 Å². The van der Waals surface area contributed by atoms with Gasteiger partial charge in [0.1, 0.15) is 0 Å². The summed E-state index contributed by atoms with van der Waals surface area (Å²) in [7, 11) is 0. The molecule has 0 saturated carbocycles. The van der Waals surface area contributed by atoms with Gasteiger partial charge in [0.05, 0.1) is 6.42 Å². The van der Waals surface area contributed by atoms with Crippen molar-refractivity contribution in [2.45, 2.75) is 19.4 Å². The minimum atomic E-state index is 0. The van der Waals surface area contributed by atoms with E-state index in [0.29, 0.717) is 6.42 Å². The molecule has 2 aliphatic heterocycles. The van der Waals surface area contributed by atoms with Crippen molar-refractivity contribution in [2.24, 2.45) is 0 Å². The van der Waals surface area contributed by atoms with Crippen molar-refractivity contribution in [1.29, 1.82) is 0 Å². The first-order chi connectivity index (χ1) is 10.8. The first kappa shape index (κ1) is 16.0. The molecule has 4 rings (SSSR count). The highest BCUT2D eigenvalue weighted by atomic mass is 35.5. The third-order valence-corrected chi connectivity index (χ3v) is 4.77. The lowest BCUT2D eigenvalue weighted by Gasteiger charge is -2.30. The van der Waals surface area contributed by atoms with Crippen molar-refractivity contribution < 1.29 is 4.79 Å². The number of hydrogen-bond donors (Lipinski definition) is 0. The Labute approximate surface area is 143 Å². The van der Waals surface area contributed by atoms with Gasteiger partial charge in [-0.05, 0) is 29.2 Å². The Bertz CT molecular complexity index is 716. The zero-order valence-corrected chi connectivity index (χ0v) is 13.9. The Morgan fingerprint density at radius 1 is 0.870 bits per heavy atom. The molecule has 3 nitrogen and oxygen atoms in total. The van der Waals surface area contributed by atoms with Crippen LogP contribution in [0.15, 0.2) is 48.5 Å². The van der Waals surface area contributed by atoms with Crippen molar-refractivity contribution in [3.05, 3.63) is 65.2 Å². The number of nitrogens with zero attached hydrogens (tertiary/aromatic N) is 2. The Kier molecular flexibility index (Phi) is 4.69. The first-order valence-electron chi connectivity index (χ1n) is 7.99. The van der Waals surface area contributed by atoms with Gasteiger partial charge in [-0.1, -0.05) is 42.5 Å². The van der Waals surface area contributed by atoms with Gasteiger partial charge in [-0.3, -0.25) is 9.69 Å². The summed E-state index contributed by atoms with van der Waals surface area (Å²) in [5.41, 5.74) is 5.17. The van der Waals surface area contributed by atoms with Crippen molar-refractivity contribution in [1.82, 2.24) is 4.90 Å². The molecule has 0 saturated heterocycles. The van der Waals surface area contributed by atoms with Crippen LogP contribution >= 0.6 is 12.4 Å². The molecule has 0 unspecified atom stereocenters. The molecule has 2 aliphatic rings. The molecule has 0 fully saturated rings. The second-order valence-corrected chi connectivity index (χ2v) is 6.15. The van der Waals surface area contributed by atoms with Crippen molar-refractivity contribution >= 4 is 24.0 Å². The van der Waals surface area contributed by atoms with E-state index in [1.165, 1.54) is 11.1 Å². The van der Waals surface area contributed by atoms with Gasteiger partial charge in [0.25, 0.3) is 0 Å². The van der Waals surface area contributed by atoms with Crippen LogP contribution in [0.5, 0.6) is 0 Å². The number of halogens is 1. The number of amides is 1. The summed E-state index contributed by atoms with van der Waals surface area (Å²) in [5, 5.41) is 0. The average molecular weight is 329 g/mol. The minimum absolute atomic E-state index is 0. The summed E-state index contributed by atoms with van der Waals surface area (Å²) in [6.07, 6.45) is 1.67. The molecule has 0 aliphatic carbocycles. The Balaban J connectivity index is 0.00000156. The molecular weight excluding hydrogens is 308 g/mol. The highest BCUT2D eigenvalue weighted by Gasteiger charge is 2.27. The molecule has 2 aromatic carbocycles. The van der Waals surface area contributed by atoms with Crippen LogP contribution < -0.4 is 4.90 Å². The number of carbonyl (C=O) groups is 1. The van der Waals surface area contributed by atoms with Crippen LogP contribution in [0.25, 0.3) is 0 Å². The van der Waals surface area contributed by atoms with E-state index in [9.17, 15) is 4.79 Å². The standard InChI is InChI=1S/C19H20N2O.ClH/c22-19-13-16-6-3-4-8-18(16)21(19)12-11-20-10-9-15-5-1-2-7-17(15)14-20;/h1-8H,9-14H2;1H. The Hall–Kier alpha value is -1.84. The largest absolute Gasteiger partial charge is 0.311 e. The van der Waals surface area contributed by atoms with Gasteiger partial charge in [0.2, 0.25) is 5.91 Å². The third kappa shape index (κ3) is 3.12. The second-order valence-electron chi connectivity index (χ2n) is 6.15. The highest BCUT2D eigenvalue weighted by Crippen LogP contribution is 2.28. The van der Waals surface area contributed by atoms with Crippen LogP contribution in [0.4, 0.5) is 5.69 Å². The number of benzene rings is 2. The predicted octanol–water partition coefficient (Wildman–Crippen LogP) is 3.06. The van der Waals surface area contributed by atoms with Gasteiger partial charge >= 0.3 is 0 Å². The summed E-state index contributed by atoms with van der Waals surface area (Å²) in [5.74, 6) is 0.235. The van der Waals surface area contributed by atoms with E-state index in [4.69, 9.17) is 0 Å². The lowest BCUT2D eigenvalue weighted by molar-refractivity contribution is -0.117. The van der Waals surface area contributed by atoms with Gasteiger partial charge in [-0.25, -0.2) is 0 Å².